The van der Waals surface area contributed by atoms with Gasteiger partial charge in [0.2, 0.25) is 0 Å². The Morgan fingerprint density at radius 1 is 0.855 bits per heavy atom. The molecule has 2 saturated carbocycles. The molecule has 3 aromatic rings. The largest absolute Gasteiger partial charge is 0.456 e. The first-order chi connectivity index (χ1) is 29.3. The van der Waals surface area contributed by atoms with Gasteiger partial charge in [0.1, 0.15) is 23.6 Å². The monoisotopic (exact) mass is 851 g/mol. The summed E-state index contributed by atoms with van der Waals surface area (Å²) in [5.74, 6) is -5.92. The predicted octanol–water partition coefficient (Wildman–Crippen LogP) is 4.40. The molecular formula is C48H53NO13. The van der Waals surface area contributed by atoms with Crippen molar-refractivity contribution in [1.82, 2.24) is 5.32 Å². The summed E-state index contributed by atoms with van der Waals surface area (Å²) in [7, 11) is 0. The molecule has 7 rings (SSSR count). The van der Waals surface area contributed by atoms with E-state index in [2.05, 4.69) is 5.32 Å². The summed E-state index contributed by atoms with van der Waals surface area (Å²) < 4.78 is 24.5. The second kappa shape index (κ2) is 16.6. The van der Waals surface area contributed by atoms with Gasteiger partial charge in [0.15, 0.2) is 18.0 Å². The molecule has 62 heavy (non-hydrogen) atoms. The van der Waals surface area contributed by atoms with Gasteiger partial charge in [0.25, 0.3) is 5.91 Å². The number of amides is 1. The van der Waals surface area contributed by atoms with Gasteiger partial charge in [0, 0.05) is 48.5 Å². The molecule has 328 valence electrons. The summed E-state index contributed by atoms with van der Waals surface area (Å²) in [6.07, 6.45) is -9.96. The molecule has 1 heterocycles. The topological polar surface area (TPSA) is 212 Å². The quantitative estimate of drug-likeness (QED) is 0.120. The van der Waals surface area contributed by atoms with Crippen LogP contribution >= 0.6 is 0 Å². The second-order valence-corrected chi connectivity index (χ2v) is 17.9. The van der Waals surface area contributed by atoms with Gasteiger partial charge in [-0.05, 0) is 61.7 Å². The van der Waals surface area contributed by atoms with Crippen molar-refractivity contribution in [2.24, 2.45) is 22.2 Å². The number of ether oxygens (including phenoxy) is 4. The number of carbonyl (C=O) groups excluding carboxylic acids is 6. The Hall–Kier alpha value is -5.54. The molecule has 0 aromatic heterocycles. The maximum absolute atomic E-state index is 15.5. The molecule has 4 N–H and O–H groups in total. The van der Waals surface area contributed by atoms with E-state index in [1.54, 1.807) is 99.6 Å². The minimum atomic E-state index is -2.31. The average molecular weight is 852 g/mol. The van der Waals surface area contributed by atoms with E-state index in [-0.39, 0.29) is 47.5 Å². The molecule has 3 aromatic carbocycles. The summed E-state index contributed by atoms with van der Waals surface area (Å²) in [6, 6.07) is 23.2. The SMILES string of the molecule is CC(=O)C[C@@]12CO[C@@H]1CC(O)[C@@]1(C)C(=O)[C@H](OC(C)=O)C3=C(C)[C@@H](OC(=O)[C@H](O)C(NC(=O)c4ccccc4)c4ccccc4)C[C@@](O)([C@@H](OC(=O)c4ccccc4)C12)C3(C)C. The lowest BCUT2D eigenvalue weighted by molar-refractivity contribution is -0.319. The summed E-state index contributed by atoms with van der Waals surface area (Å²) in [4.78, 5) is 83.8. The molecular weight excluding hydrogens is 799 g/mol. The standard InChI is InChI=1S/C48H53NO13/c1-26(50)23-47-25-59-34(47)22-33(52)46(6)39(47)41(62-43(56)31-20-14-9-15-21-31)48(58)24-32(27(2)35(45(48,4)5)38(40(46)54)60-28(3)51)61-44(57)37(53)36(29-16-10-7-11-17-29)49-42(55)30-18-12-8-13-19-30/h7-21,32-34,36-39,41,52-53,58H,22-25H2,1-6H3,(H,49,55)/t32-,33?,34+,36?,37+,38+,39?,41-,46+,47+,48+/m0/s1. The Kier molecular flexibility index (Phi) is 11.9. The number of hydrogen-bond acceptors (Lipinski definition) is 13. The number of rotatable bonds is 11. The highest BCUT2D eigenvalue weighted by atomic mass is 16.6. The molecule has 3 unspecified atom stereocenters. The molecule has 3 aliphatic carbocycles. The first kappa shape index (κ1) is 44.5. The molecule has 0 radical (unpaired) electrons. The smallest absolute Gasteiger partial charge is 0.338 e. The summed E-state index contributed by atoms with van der Waals surface area (Å²) in [5, 5.41) is 40.4. The van der Waals surface area contributed by atoms with Crippen LogP contribution in [0.2, 0.25) is 0 Å². The van der Waals surface area contributed by atoms with Crippen LogP contribution in [0.1, 0.15) is 93.1 Å². The van der Waals surface area contributed by atoms with Crippen LogP contribution in [0.25, 0.3) is 0 Å². The number of aliphatic hydroxyl groups is 3. The van der Waals surface area contributed by atoms with Crippen LogP contribution in [0.4, 0.5) is 0 Å². The van der Waals surface area contributed by atoms with Gasteiger partial charge < -0.3 is 44.4 Å². The van der Waals surface area contributed by atoms with Crippen LogP contribution in [-0.4, -0.2) is 99.5 Å². The van der Waals surface area contributed by atoms with E-state index in [1.807, 2.05) is 0 Å². The van der Waals surface area contributed by atoms with E-state index in [4.69, 9.17) is 18.9 Å². The van der Waals surface area contributed by atoms with Gasteiger partial charge in [0.05, 0.1) is 35.8 Å². The molecule has 11 atom stereocenters. The van der Waals surface area contributed by atoms with Crippen molar-refractivity contribution >= 4 is 35.4 Å². The normalized spacial score (nSPS) is 31.9. The highest BCUT2D eigenvalue weighted by molar-refractivity contribution is 5.96. The summed E-state index contributed by atoms with van der Waals surface area (Å²) in [5.41, 5.74) is -6.12. The summed E-state index contributed by atoms with van der Waals surface area (Å²) in [6.45, 7) is 8.63. The first-order valence-electron chi connectivity index (χ1n) is 20.8. The van der Waals surface area contributed by atoms with E-state index in [9.17, 15) is 39.3 Å². The molecule has 2 bridgehead atoms. The Balaban J connectivity index is 1.39. The third-order valence-electron chi connectivity index (χ3n) is 14.0. The lowest BCUT2D eigenvalue weighted by Gasteiger charge is -2.68. The molecule has 0 spiro atoms. The Labute approximate surface area is 359 Å². The third-order valence-corrected chi connectivity index (χ3v) is 14.0. The molecule has 4 aliphatic rings. The molecule has 1 saturated heterocycles. The molecule has 1 aliphatic heterocycles. The molecule has 3 fully saturated rings. The van der Waals surface area contributed by atoms with Crippen molar-refractivity contribution in [1.29, 1.82) is 0 Å². The zero-order valence-electron chi connectivity index (χ0n) is 35.5. The fourth-order valence-electron chi connectivity index (χ4n) is 10.7. The Bertz CT molecular complexity index is 2280. The zero-order chi connectivity index (χ0) is 44.9. The van der Waals surface area contributed by atoms with Crippen LogP contribution in [-0.2, 0) is 38.1 Å². The minimum absolute atomic E-state index is 0.0379. The lowest BCUT2D eigenvalue weighted by atomic mass is 9.41. The number of nitrogens with one attached hydrogen (secondary N) is 1. The van der Waals surface area contributed by atoms with Crippen LogP contribution < -0.4 is 5.32 Å². The van der Waals surface area contributed by atoms with Crippen LogP contribution in [0.15, 0.2) is 102 Å². The number of carbonyl (C=O) groups is 6. The van der Waals surface area contributed by atoms with Crippen LogP contribution in [0.3, 0.4) is 0 Å². The van der Waals surface area contributed by atoms with E-state index in [0.717, 1.165) is 6.92 Å². The fraction of sp³-hybridized carbons (Fsp3) is 0.458. The van der Waals surface area contributed by atoms with E-state index < -0.39 is 106 Å². The zero-order valence-corrected chi connectivity index (χ0v) is 35.5. The van der Waals surface area contributed by atoms with Gasteiger partial charge >= 0.3 is 17.9 Å². The van der Waals surface area contributed by atoms with Crippen molar-refractivity contribution in [3.63, 3.8) is 0 Å². The molecule has 14 heteroatoms. The highest BCUT2D eigenvalue weighted by Crippen LogP contribution is 2.67. The Morgan fingerprint density at radius 3 is 1.98 bits per heavy atom. The van der Waals surface area contributed by atoms with Gasteiger partial charge in [-0.2, -0.15) is 0 Å². The van der Waals surface area contributed by atoms with Crippen molar-refractivity contribution in [3.8, 4) is 0 Å². The predicted molar refractivity (Wildman–Crippen MR) is 221 cm³/mol. The van der Waals surface area contributed by atoms with Gasteiger partial charge in [-0.3, -0.25) is 14.4 Å². The number of Topliss-reactive ketones (excluding diaryl/α,β-unsaturated/α-hetero) is 2. The van der Waals surface area contributed by atoms with Crippen molar-refractivity contribution in [2.45, 2.75) is 109 Å². The van der Waals surface area contributed by atoms with Gasteiger partial charge in [-0.1, -0.05) is 80.6 Å². The highest BCUT2D eigenvalue weighted by Gasteiger charge is 2.76. The number of esters is 3. The number of hydrogen-bond donors (Lipinski definition) is 4. The van der Waals surface area contributed by atoms with E-state index in [1.165, 1.54) is 26.0 Å². The van der Waals surface area contributed by atoms with Crippen molar-refractivity contribution < 1.29 is 63.0 Å². The van der Waals surface area contributed by atoms with Crippen molar-refractivity contribution in [2.75, 3.05) is 6.61 Å². The fourth-order valence-corrected chi connectivity index (χ4v) is 10.7. The average Bonchev–Trinajstić information content (AvgIpc) is 3.24. The van der Waals surface area contributed by atoms with Crippen LogP contribution in [0.5, 0.6) is 0 Å². The van der Waals surface area contributed by atoms with E-state index in [0.29, 0.717) is 5.56 Å². The van der Waals surface area contributed by atoms with Crippen molar-refractivity contribution in [3.05, 3.63) is 119 Å². The number of aliphatic hydroxyl groups excluding tert-OH is 2. The third kappa shape index (κ3) is 7.36. The van der Waals surface area contributed by atoms with Crippen LogP contribution in [0, 0.1) is 22.2 Å². The second-order valence-electron chi connectivity index (χ2n) is 17.9. The first-order valence-corrected chi connectivity index (χ1v) is 20.8. The Morgan fingerprint density at radius 2 is 1.44 bits per heavy atom. The minimum Gasteiger partial charge on any atom is -0.456 e. The number of benzene rings is 3. The maximum Gasteiger partial charge on any atom is 0.338 e. The van der Waals surface area contributed by atoms with Gasteiger partial charge in [-0.15, -0.1) is 0 Å². The van der Waals surface area contributed by atoms with E-state index >= 15 is 4.79 Å². The molecule has 1 amide bonds. The number of fused-ring (bicyclic) bond motifs is 5. The molecule has 14 nitrogen and oxygen atoms in total. The van der Waals surface area contributed by atoms with Gasteiger partial charge in [-0.25, -0.2) is 9.59 Å². The summed E-state index contributed by atoms with van der Waals surface area (Å²) >= 11 is 0. The maximum atomic E-state index is 15.5. The lowest BCUT2D eigenvalue weighted by Crippen LogP contribution is -2.78. The number of ketones is 2.